The van der Waals surface area contributed by atoms with Gasteiger partial charge in [-0.2, -0.15) is 0 Å². The third-order valence-electron chi connectivity index (χ3n) is 4.21. The standard InChI is InChI=1S/C17H18N2O5/c1-8-5-11(23-18-8)14-16(22)13(10(20)7-17(14,3)4)15(21)12-6-9(2)19-24-12/h5-6,14,21H,7H2,1-4H3/t14-/m0/s1. The zero-order valence-electron chi connectivity index (χ0n) is 13.9. The lowest BCUT2D eigenvalue weighted by atomic mass is 9.64. The van der Waals surface area contributed by atoms with Crippen LogP contribution in [0.3, 0.4) is 0 Å². The van der Waals surface area contributed by atoms with Crippen LogP contribution < -0.4 is 0 Å². The van der Waals surface area contributed by atoms with Gasteiger partial charge in [0.1, 0.15) is 11.3 Å². The Hall–Kier alpha value is -2.70. The van der Waals surface area contributed by atoms with E-state index in [1.807, 2.05) is 13.8 Å². The molecule has 1 fully saturated rings. The van der Waals surface area contributed by atoms with Crippen LogP contribution in [0.4, 0.5) is 0 Å². The predicted octanol–water partition coefficient (Wildman–Crippen LogP) is 2.90. The Morgan fingerprint density at radius 2 is 1.79 bits per heavy atom. The summed E-state index contributed by atoms with van der Waals surface area (Å²) in [6, 6.07) is 3.14. The highest BCUT2D eigenvalue weighted by Crippen LogP contribution is 2.46. The van der Waals surface area contributed by atoms with Gasteiger partial charge in [0.05, 0.1) is 17.3 Å². The van der Waals surface area contributed by atoms with Gasteiger partial charge >= 0.3 is 0 Å². The molecule has 1 atom stereocenters. The van der Waals surface area contributed by atoms with Crippen molar-refractivity contribution in [2.45, 2.75) is 40.0 Å². The van der Waals surface area contributed by atoms with Crippen LogP contribution in [0.1, 0.15) is 49.1 Å². The SMILES string of the molecule is Cc1cc(C(O)=C2C(=O)CC(C)(C)[C@@H](c3cc(C)no3)C2=O)on1. The number of carbonyl (C=O) groups excluding carboxylic acids is 2. The molecule has 3 rings (SSSR count). The average molecular weight is 330 g/mol. The summed E-state index contributed by atoms with van der Waals surface area (Å²) in [6.45, 7) is 7.07. The summed E-state index contributed by atoms with van der Waals surface area (Å²) in [5, 5.41) is 17.9. The van der Waals surface area contributed by atoms with Gasteiger partial charge in [0.2, 0.25) is 5.76 Å². The molecule has 7 heteroatoms. The van der Waals surface area contributed by atoms with Crippen molar-refractivity contribution in [3.63, 3.8) is 0 Å². The Bertz CT molecular complexity index is 856. The number of rotatable bonds is 2. The molecular formula is C17H18N2O5. The van der Waals surface area contributed by atoms with E-state index in [-0.39, 0.29) is 17.8 Å². The van der Waals surface area contributed by atoms with Crippen molar-refractivity contribution in [1.82, 2.24) is 10.3 Å². The van der Waals surface area contributed by atoms with Gasteiger partial charge in [-0.1, -0.05) is 24.2 Å². The average Bonchev–Trinajstić information content (AvgIpc) is 3.06. The molecule has 0 radical (unpaired) electrons. The first-order valence-corrected chi connectivity index (χ1v) is 7.58. The van der Waals surface area contributed by atoms with Crippen molar-refractivity contribution in [3.8, 4) is 0 Å². The van der Waals surface area contributed by atoms with Crippen LogP contribution in [-0.4, -0.2) is 27.0 Å². The van der Waals surface area contributed by atoms with Crippen LogP contribution in [0.25, 0.3) is 5.76 Å². The Kier molecular flexibility index (Phi) is 3.66. The molecule has 1 saturated carbocycles. The fourth-order valence-corrected chi connectivity index (χ4v) is 3.12. The fourth-order valence-electron chi connectivity index (χ4n) is 3.12. The van der Waals surface area contributed by atoms with E-state index in [1.54, 1.807) is 19.9 Å². The van der Waals surface area contributed by atoms with Crippen molar-refractivity contribution in [3.05, 3.63) is 40.6 Å². The first kappa shape index (κ1) is 16.2. The second kappa shape index (κ2) is 5.43. The van der Waals surface area contributed by atoms with Gasteiger partial charge in [-0.15, -0.1) is 0 Å². The second-order valence-corrected chi connectivity index (χ2v) is 6.81. The Morgan fingerprint density at radius 3 is 2.33 bits per heavy atom. The highest BCUT2D eigenvalue weighted by molar-refractivity contribution is 6.28. The summed E-state index contributed by atoms with van der Waals surface area (Å²) in [4.78, 5) is 25.5. The number of carbonyl (C=O) groups is 2. The molecule has 0 amide bonds. The topological polar surface area (TPSA) is 106 Å². The zero-order valence-corrected chi connectivity index (χ0v) is 13.9. The number of aromatic nitrogens is 2. The number of hydrogen-bond acceptors (Lipinski definition) is 7. The minimum atomic E-state index is -0.711. The number of Topliss-reactive ketones (excluding diaryl/α,β-unsaturated/α-hetero) is 2. The molecule has 1 aliphatic rings. The maximum atomic E-state index is 13.0. The number of nitrogens with zero attached hydrogens (tertiary/aromatic N) is 2. The van der Waals surface area contributed by atoms with Crippen molar-refractivity contribution < 1.29 is 23.7 Å². The molecule has 1 N–H and O–H groups in total. The van der Waals surface area contributed by atoms with Crippen LogP contribution in [0.2, 0.25) is 0 Å². The summed E-state index contributed by atoms with van der Waals surface area (Å²) in [6.07, 6.45) is 0.0929. The predicted molar refractivity (Wildman–Crippen MR) is 83.2 cm³/mol. The quantitative estimate of drug-likeness (QED) is 0.512. The van der Waals surface area contributed by atoms with Gasteiger partial charge < -0.3 is 14.2 Å². The number of aliphatic hydroxyl groups excluding tert-OH is 1. The maximum absolute atomic E-state index is 13.0. The van der Waals surface area contributed by atoms with Gasteiger partial charge in [0, 0.05) is 18.6 Å². The first-order valence-electron chi connectivity index (χ1n) is 7.58. The summed E-state index contributed by atoms with van der Waals surface area (Å²) >= 11 is 0. The summed E-state index contributed by atoms with van der Waals surface area (Å²) < 4.78 is 10.2. The van der Waals surface area contributed by atoms with Gasteiger partial charge in [0.15, 0.2) is 17.3 Å². The van der Waals surface area contributed by atoms with Crippen molar-refractivity contribution in [2.75, 3.05) is 0 Å². The monoisotopic (exact) mass is 330 g/mol. The third kappa shape index (κ3) is 2.55. The van der Waals surface area contributed by atoms with E-state index in [0.29, 0.717) is 17.1 Å². The highest BCUT2D eigenvalue weighted by atomic mass is 16.5. The normalized spacial score (nSPS) is 22.8. The molecule has 0 aliphatic heterocycles. The molecule has 126 valence electrons. The van der Waals surface area contributed by atoms with Gasteiger partial charge in [0.25, 0.3) is 0 Å². The molecule has 24 heavy (non-hydrogen) atoms. The van der Waals surface area contributed by atoms with Crippen molar-refractivity contribution >= 4 is 17.3 Å². The first-order chi connectivity index (χ1) is 11.2. The van der Waals surface area contributed by atoms with E-state index in [2.05, 4.69) is 10.3 Å². The van der Waals surface area contributed by atoms with E-state index >= 15 is 0 Å². The van der Waals surface area contributed by atoms with Gasteiger partial charge in [-0.3, -0.25) is 9.59 Å². The van der Waals surface area contributed by atoms with Crippen LogP contribution in [0, 0.1) is 19.3 Å². The molecule has 0 unspecified atom stereocenters. The Labute approximate surface area is 138 Å². The smallest absolute Gasteiger partial charge is 0.202 e. The highest BCUT2D eigenvalue weighted by Gasteiger charge is 2.49. The number of hydrogen-bond donors (Lipinski definition) is 1. The molecule has 0 saturated heterocycles. The lowest BCUT2D eigenvalue weighted by molar-refractivity contribution is -0.129. The lowest BCUT2D eigenvalue weighted by Gasteiger charge is -2.35. The van der Waals surface area contributed by atoms with Gasteiger partial charge in [-0.05, 0) is 19.3 Å². The van der Waals surface area contributed by atoms with Crippen molar-refractivity contribution in [2.24, 2.45) is 5.41 Å². The van der Waals surface area contributed by atoms with Crippen LogP contribution in [0.5, 0.6) is 0 Å². The molecule has 2 aromatic rings. The molecule has 0 bridgehead atoms. The summed E-state index contributed by atoms with van der Waals surface area (Å²) in [7, 11) is 0. The molecule has 0 aromatic carbocycles. The number of aliphatic hydroxyl groups is 1. The molecule has 2 heterocycles. The van der Waals surface area contributed by atoms with E-state index in [9.17, 15) is 14.7 Å². The molecule has 2 aromatic heterocycles. The minimum Gasteiger partial charge on any atom is -0.504 e. The number of allylic oxidation sites excluding steroid dienone is 1. The Morgan fingerprint density at radius 1 is 1.17 bits per heavy atom. The summed E-state index contributed by atoms with van der Waals surface area (Å²) in [5.74, 6) is -1.74. The van der Waals surface area contributed by atoms with Gasteiger partial charge in [-0.25, -0.2) is 0 Å². The van der Waals surface area contributed by atoms with E-state index in [1.165, 1.54) is 6.07 Å². The van der Waals surface area contributed by atoms with E-state index in [4.69, 9.17) is 9.05 Å². The zero-order chi connectivity index (χ0) is 17.6. The van der Waals surface area contributed by atoms with Crippen LogP contribution >= 0.6 is 0 Å². The fraction of sp³-hybridized carbons (Fsp3) is 0.412. The van der Waals surface area contributed by atoms with Crippen LogP contribution in [-0.2, 0) is 9.59 Å². The molecule has 1 aliphatic carbocycles. The van der Waals surface area contributed by atoms with E-state index < -0.39 is 28.7 Å². The molecular weight excluding hydrogens is 312 g/mol. The van der Waals surface area contributed by atoms with Crippen LogP contribution in [0.15, 0.2) is 26.8 Å². The lowest BCUT2D eigenvalue weighted by Crippen LogP contribution is -2.40. The van der Waals surface area contributed by atoms with Crippen molar-refractivity contribution in [1.29, 1.82) is 0 Å². The van der Waals surface area contributed by atoms with E-state index in [0.717, 1.165) is 0 Å². The number of ketones is 2. The second-order valence-electron chi connectivity index (χ2n) is 6.81. The summed E-state index contributed by atoms with van der Waals surface area (Å²) in [5.41, 5.74) is 0.257. The third-order valence-corrected chi connectivity index (χ3v) is 4.21. The molecule has 7 nitrogen and oxygen atoms in total. The number of aryl methyl sites for hydroxylation is 2. The Balaban J connectivity index is 2.12. The maximum Gasteiger partial charge on any atom is 0.202 e. The largest absolute Gasteiger partial charge is 0.504 e. The molecule has 0 spiro atoms. The minimum absolute atomic E-state index is 0.00333.